The first-order valence-electron chi connectivity index (χ1n) is 11.6. The zero-order valence-corrected chi connectivity index (χ0v) is 18.9. The monoisotopic (exact) mass is 422 g/mol. The van der Waals surface area contributed by atoms with E-state index in [1.54, 1.807) is 21.3 Å². The molecule has 0 aromatic heterocycles. The van der Waals surface area contributed by atoms with Crippen LogP contribution in [0, 0.1) is 5.92 Å². The summed E-state index contributed by atoms with van der Waals surface area (Å²) >= 11 is 0. The summed E-state index contributed by atoms with van der Waals surface area (Å²) in [7, 11) is 5.21. The lowest BCUT2D eigenvalue weighted by molar-refractivity contribution is 0.227. The largest absolute Gasteiger partial charge is 0.496 e. The van der Waals surface area contributed by atoms with Crippen molar-refractivity contribution in [3.8, 4) is 17.2 Å². The molecular weight excluding hydrogens is 388 g/mol. The van der Waals surface area contributed by atoms with E-state index in [0.717, 1.165) is 62.2 Å². The molecule has 3 atom stereocenters. The Bertz CT molecular complexity index is 944. The molecule has 5 heteroatoms. The summed E-state index contributed by atoms with van der Waals surface area (Å²) in [4.78, 5) is 2.60. The molecule has 1 fully saturated rings. The van der Waals surface area contributed by atoms with E-state index >= 15 is 0 Å². The number of ether oxygens (including phenoxy) is 3. The van der Waals surface area contributed by atoms with Crippen molar-refractivity contribution in [3.05, 3.63) is 52.6 Å². The smallest absolute Gasteiger partial charge is 0.161 e. The minimum Gasteiger partial charge on any atom is -0.496 e. The fraction of sp³-hybridized carbons (Fsp3) is 0.538. The van der Waals surface area contributed by atoms with Gasteiger partial charge in [-0.05, 0) is 78.6 Å². The first kappa shape index (κ1) is 20.7. The fourth-order valence-electron chi connectivity index (χ4n) is 6.07. The molecule has 5 rings (SSSR count). The average molecular weight is 423 g/mol. The van der Waals surface area contributed by atoms with Crippen molar-refractivity contribution in [1.82, 2.24) is 10.2 Å². The van der Waals surface area contributed by atoms with Gasteiger partial charge in [-0.15, -0.1) is 0 Å². The van der Waals surface area contributed by atoms with Gasteiger partial charge in [0.05, 0.1) is 21.3 Å². The van der Waals surface area contributed by atoms with Gasteiger partial charge < -0.3 is 19.5 Å². The molecule has 3 aliphatic rings. The Morgan fingerprint density at radius 1 is 0.968 bits per heavy atom. The van der Waals surface area contributed by atoms with Crippen LogP contribution in [0.2, 0.25) is 0 Å². The summed E-state index contributed by atoms with van der Waals surface area (Å²) in [6.07, 6.45) is 4.68. The average Bonchev–Trinajstić information content (AvgIpc) is 3.24. The van der Waals surface area contributed by atoms with Gasteiger partial charge in [0.2, 0.25) is 0 Å². The highest BCUT2D eigenvalue weighted by Gasteiger charge is 2.40. The third kappa shape index (κ3) is 3.79. The first-order valence-corrected chi connectivity index (χ1v) is 11.6. The van der Waals surface area contributed by atoms with Gasteiger partial charge in [0, 0.05) is 31.6 Å². The molecule has 1 aliphatic carbocycles. The molecule has 166 valence electrons. The molecule has 0 saturated carbocycles. The van der Waals surface area contributed by atoms with Crippen LogP contribution in [0.15, 0.2) is 30.3 Å². The van der Waals surface area contributed by atoms with E-state index in [9.17, 15) is 0 Å². The fourth-order valence-corrected chi connectivity index (χ4v) is 6.07. The van der Waals surface area contributed by atoms with Crippen molar-refractivity contribution in [1.29, 1.82) is 0 Å². The second-order valence-corrected chi connectivity index (χ2v) is 9.14. The second-order valence-electron chi connectivity index (χ2n) is 9.14. The van der Waals surface area contributed by atoms with Crippen molar-refractivity contribution in [2.45, 2.75) is 44.2 Å². The van der Waals surface area contributed by atoms with Crippen LogP contribution >= 0.6 is 0 Å². The molecule has 1 N–H and O–H groups in total. The topological polar surface area (TPSA) is 43.0 Å². The molecule has 2 aromatic carbocycles. The highest BCUT2D eigenvalue weighted by Crippen LogP contribution is 2.44. The van der Waals surface area contributed by atoms with E-state index < -0.39 is 0 Å². The number of nitrogens with one attached hydrogen (secondary N) is 1. The molecular formula is C26H34N2O3. The van der Waals surface area contributed by atoms with Gasteiger partial charge in [0.15, 0.2) is 11.5 Å². The summed E-state index contributed by atoms with van der Waals surface area (Å²) < 4.78 is 16.6. The van der Waals surface area contributed by atoms with Crippen LogP contribution in [0.3, 0.4) is 0 Å². The number of rotatable bonds is 6. The quantitative estimate of drug-likeness (QED) is 0.768. The summed E-state index contributed by atoms with van der Waals surface area (Å²) in [6.45, 7) is 4.34. The lowest BCUT2D eigenvalue weighted by atomic mass is 9.74. The Morgan fingerprint density at radius 2 is 1.74 bits per heavy atom. The van der Waals surface area contributed by atoms with Gasteiger partial charge in [-0.2, -0.15) is 0 Å². The summed E-state index contributed by atoms with van der Waals surface area (Å²) in [5.41, 5.74) is 5.72. The normalized spacial score (nSPS) is 24.8. The number of benzene rings is 2. The van der Waals surface area contributed by atoms with Crippen LogP contribution in [-0.4, -0.2) is 51.9 Å². The summed E-state index contributed by atoms with van der Waals surface area (Å²) in [5.74, 6) is 4.10. The predicted octanol–water partition coefficient (Wildman–Crippen LogP) is 3.78. The van der Waals surface area contributed by atoms with Crippen LogP contribution in [0.5, 0.6) is 17.2 Å². The lowest BCUT2D eigenvalue weighted by Crippen LogP contribution is -2.37. The Morgan fingerprint density at radius 3 is 2.52 bits per heavy atom. The third-order valence-electron chi connectivity index (χ3n) is 7.70. The van der Waals surface area contributed by atoms with Crippen LogP contribution in [-0.2, 0) is 19.4 Å². The van der Waals surface area contributed by atoms with Crippen molar-refractivity contribution in [2.24, 2.45) is 5.92 Å². The van der Waals surface area contributed by atoms with Crippen LogP contribution < -0.4 is 19.5 Å². The molecule has 0 spiro atoms. The van der Waals surface area contributed by atoms with Crippen molar-refractivity contribution in [2.75, 3.05) is 41.0 Å². The Hall–Kier alpha value is -2.24. The van der Waals surface area contributed by atoms with Crippen molar-refractivity contribution < 1.29 is 14.2 Å². The number of methoxy groups -OCH3 is 3. The maximum Gasteiger partial charge on any atom is 0.161 e. The molecule has 2 aliphatic heterocycles. The molecule has 1 saturated heterocycles. The van der Waals surface area contributed by atoms with Gasteiger partial charge in [0.1, 0.15) is 5.75 Å². The van der Waals surface area contributed by atoms with E-state index in [2.05, 4.69) is 40.5 Å². The van der Waals surface area contributed by atoms with E-state index in [1.807, 2.05) is 0 Å². The Balaban J connectivity index is 1.23. The number of hydrogen-bond donors (Lipinski definition) is 1. The van der Waals surface area contributed by atoms with E-state index in [4.69, 9.17) is 14.2 Å². The predicted molar refractivity (Wildman–Crippen MR) is 122 cm³/mol. The first-order chi connectivity index (χ1) is 15.2. The molecule has 2 heterocycles. The van der Waals surface area contributed by atoms with Crippen LogP contribution in [0.1, 0.15) is 41.0 Å². The van der Waals surface area contributed by atoms with E-state index in [0.29, 0.717) is 12.0 Å². The van der Waals surface area contributed by atoms with Gasteiger partial charge in [0.25, 0.3) is 0 Å². The van der Waals surface area contributed by atoms with Crippen LogP contribution in [0.25, 0.3) is 0 Å². The van der Waals surface area contributed by atoms with E-state index in [1.165, 1.54) is 35.1 Å². The molecule has 1 unspecified atom stereocenters. The minimum absolute atomic E-state index is 0.608. The molecule has 0 radical (unpaired) electrons. The zero-order valence-electron chi connectivity index (χ0n) is 18.9. The highest BCUT2D eigenvalue weighted by molar-refractivity contribution is 5.48. The molecule has 0 amide bonds. The number of nitrogens with zero attached hydrogens (tertiary/aromatic N) is 1. The number of fused-ring (bicyclic) bond motifs is 4. The molecule has 2 aromatic rings. The second kappa shape index (κ2) is 8.71. The van der Waals surface area contributed by atoms with Gasteiger partial charge in [-0.1, -0.05) is 12.1 Å². The molecule has 5 nitrogen and oxygen atoms in total. The highest BCUT2D eigenvalue weighted by atomic mass is 16.5. The standard InChI is InChI=1S/C26H34N2O3/c1-29-24-6-4-5-19-21(24)8-7-20-22(19)15-27-23(20)10-12-28-11-9-17-13-25(30-2)26(31-3)14-18(17)16-28/h4-6,13-14,20,22-23,27H,7-12,15-16H2,1-3H3/t20-,22+,23?/m1/s1. The van der Waals surface area contributed by atoms with Crippen molar-refractivity contribution in [3.63, 3.8) is 0 Å². The van der Waals surface area contributed by atoms with Crippen LogP contribution in [0.4, 0.5) is 0 Å². The van der Waals surface area contributed by atoms with Gasteiger partial charge in [-0.25, -0.2) is 0 Å². The lowest BCUT2D eigenvalue weighted by Gasteiger charge is -2.33. The number of hydrogen-bond acceptors (Lipinski definition) is 5. The van der Waals surface area contributed by atoms with Crippen molar-refractivity contribution >= 4 is 0 Å². The summed E-state index contributed by atoms with van der Waals surface area (Å²) in [6, 6.07) is 11.5. The Labute approximate surface area is 185 Å². The minimum atomic E-state index is 0.608. The molecule has 31 heavy (non-hydrogen) atoms. The Kier molecular flexibility index (Phi) is 5.81. The molecule has 0 bridgehead atoms. The SMILES string of the molecule is COc1cc2c(cc1OC)CN(CCC1NC[C@H]3c4cccc(OC)c4CC[C@@H]13)CC2. The maximum atomic E-state index is 5.63. The summed E-state index contributed by atoms with van der Waals surface area (Å²) in [5, 5.41) is 3.87. The van der Waals surface area contributed by atoms with Gasteiger partial charge >= 0.3 is 0 Å². The van der Waals surface area contributed by atoms with E-state index in [-0.39, 0.29) is 0 Å². The zero-order chi connectivity index (χ0) is 21.4. The third-order valence-corrected chi connectivity index (χ3v) is 7.70. The maximum absolute atomic E-state index is 5.63. The van der Waals surface area contributed by atoms with Gasteiger partial charge in [-0.3, -0.25) is 4.90 Å².